The molecule has 1 aliphatic heterocycles. The van der Waals surface area contributed by atoms with Gasteiger partial charge in [-0.25, -0.2) is 0 Å². The van der Waals surface area contributed by atoms with Crippen molar-refractivity contribution in [1.82, 2.24) is 10.2 Å². The summed E-state index contributed by atoms with van der Waals surface area (Å²) in [7, 11) is 0. The molecule has 0 atom stereocenters. The van der Waals surface area contributed by atoms with Gasteiger partial charge in [-0.1, -0.05) is 18.2 Å². The molecule has 1 aliphatic rings. The second-order valence-electron chi connectivity index (χ2n) is 6.68. The number of phenolic OH excluding ortho intramolecular Hbond substituents is 1. The summed E-state index contributed by atoms with van der Waals surface area (Å²) in [5.41, 5.74) is 2.00. The summed E-state index contributed by atoms with van der Waals surface area (Å²) in [6.07, 6.45) is 0. The van der Waals surface area contributed by atoms with Crippen LogP contribution < -0.4 is 5.32 Å². The molecule has 0 aromatic heterocycles. The Morgan fingerprint density at radius 2 is 1.69 bits per heavy atom. The molecule has 2 aromatic rings. The lowest BCUT2D eigenvalue weighted by Crippen LogP contribution is -2.31. The fraction of sp³-hybridized carbons (Fsp3) is 0.250. The average Bonchev–Trinajstić information content (AvgIpc) is 2.82. The van der Waals surface area contributed by atoms with E-state index in [1.165, 1.54) is 6.07 Å². The maximum atomic E-state index is 12.5. The molecule has 0 unspecified atom stereocenters. The number of benzene rings is 2. The first kappa shape index (κ1) is 17.7. The third-order valence-corrected chi connectivity index (χ3v) is 4.24. The van der Waals surface area contributed by atoms with Crippen molar-refractivity contribution >= 4 is 17.7 Å². The molecule has 0 bridgehead atoms. The van der Waals surface area contributed by atoms with Gasteiger partial charge in [0, 0.05) is 6.04 Å². The van der Waals surface area contributed by atoms with Crippen LogP contribution >= 0.6 is 0 Å². The van der Waals surface area contributed by atoms with Gasteiger partial charge >= 0.3 is 0 Å². The van der Waals surface area contributed by atoms with Crippen molar-refractivity contribution in [2.75, 3.05) is 0 Å². The molecule has 134 valence electrons. The van der Waals surface area contributed by atoms with Crippen molar-refractivity contribution < 1.29 is 19.5 Å². The standard InChI is InChI=1S/C20H20N2O4/c1-11(2)21-18(24)16-9-13(8-12(3)17(16)23)10-22-19(25)14-6-4-5-7-15(14)20(22)26/h4-9,11,23H,10H2,1-3H3,(H,21,24). The lowest BCUT2D eigenvalue weighted by molar-refractivity contribution is 0.0642. The lowest BCUT2D eigenvalue weighted by Gasteiger charge is -2.17. The van der Waals surface area contributed by atoms with Gasteiger partial charge in [-0.15, -0.1) is 0 Å². The quantitative estimate of drug-likeness (QED) is 0.828. The van der Waals surface area contributed by atoms with Crippen molar-refractivity contribution in [3.63, 3.8) is 0 Å². The average molecular weight is 352 g/mol. The molecule has 2 aromatic carbocycles. The van der Waals surface area contributed by atoms with Crippen LogP contribution in [0.25, 0.3) is 0 Å². The summed E-state index contributed by atoms with van der Waals surface area (Å²) in [6.45, 7) is 5.36. The molecule has 2 N–H and O–H groups in total. The molecular formula is C20H20N2O4. The number of aromatic hydroxyl groups is 1. The third-order valence-electron chi connectivity index (χ3n) is 4.24. The van der Waals surface area contributed by atoms with E-state index < -0.39 is 5.91 Å². The van der Waals surface area contributed by atoms with E-state index in [0.29, 0.717) is 22.3 Å². The van der Waals surface area contributed by atoms with Crippen LogP contribution in [0, 0.1) is 6.92 Å². The van der Waals surface area contributed by atoms with Gasteiger partial charge in [0.1, 0.15) is 5.75 Å². The Labute approximate surface area is 151 Å². The summed E-state index contributed by atoms with van der Waals surface area (Å²) in [5, 5.41) is 12.9. The van der Waals surface area contributed by atoms with Crippen LogP contribution in [0.2, 0.25) is 0 Å². The number of aryl methyl sites for hydroxylation is 1. The Morgan fingerprint density at radius 1 is 1.12 bits per heavy atom. The molecule has 1 heterocycles. The van der Waals surface area contributed by atoms with Gasteiger partial charge in [0.2, 0.25) is 0 Å². The number of carbonyl (C=O) groups is 3. The van der Waals surface area contributed by atoms with Gasteiger partial charge in [0.15, 0.2) is 0 Å². The van der Waals surface area contributed by atoms with Crippen molar-refractivity contribution in [2.24, 2.45) is 0 Å². The number of fused-ring (bicyclic) bond motifs is 1. The van der Waals surface area contributed by atoms with E-state index in [1.54, 1.807) is 37.3 Å². The van der Waals surface area contributed by atoms with Crippen LogP contribution in [0.15, 0.2) is 36.4 Å². The SMILES string of the molecule is Cc1cc(CN2C(=O)c3ccccc3C2=O)cc(C(=O)NC(C)C)c1O. The number of nitrogens with one attached hydrogen (secondary N) is 1. The fourth-order valence-corrected chi connectivity index (χ4v) is 3.02. The number of imide groups is 1. The van der Waals surface area contributed by atoms with Gasteiger partial charge < -0.3 is 10.4 Å². The first-order valence-electron chi connectivity index (χ1n) is 8.38. The molecule has 3 rings (SSSR count). The number of hydrogen-bond acceptors (Lipinski definition) is 4. The monoisotopic (exact) mass is 352 g/mol. The molecule has 6 heteroatoms. The predicted octanol–water partition coefficient (Wildman–Crippen LogP) is 2.64. The van der Waals surface area contributed by atoms with Crippen molar-refractivity contribution in [1.29, 1.82) is 0 Å². The molecule has 0 aliphatic carbocycles. The van der Waals surface area contributed by atoms with Crippen LogP contribution in [0.4, 0.5) is 0 Å². The highest BCUT2D eigenvalue weighted by molar-refractivity contribution is 6.21. The second kappa shape index (κ2) is 6.63. The number of nitrogens with zero attached hydrogens (tertiary/aromatic N) is 1. The zero-order valence-electron chi connectivity index (χ0n) is 14.9. The Kier molecular flexibility index (Phi) is 4.50. The van der Waals surface area contributed by atoms with Crippen molar-refractivity contribution in [3.05, 3.63) is 64.2 Å². The summed E-state index contributed by atoms with van der Waals surface area (Å²) in [4.78, 5) is 38.5. The van der Waals surface area contributed by atoms with E-state index in [4.69, 9.17) is 0 Å². The minimum Gasteiger partial charge on any atom is -0.507 e. The number of rotatable bonds is 4. The topological polar surface area (TPSA) is 86.7 Å². The number of phenols is 1. The molecular weight excluding hydrogens is 332 g/mol. The largest absolute Gasteiger partial charge is 0.507 e. The Morgan fingerprint density at radius 3 is 2.23 bits per heavy atom. The number of carbonyl (C=O) groups excluding carboxylic acids is 3. The second-order valence-corrected chi connectivity index (χ2v) is 6.68. The molecule has 0 radical (unpaired) electrons. The first-order valence-corrected chi connectivity index (χ1v) is 8.38. The van der Waals surface area contributed by atoms with Crippen LogP contribution in [-0.4, -0.2) is 33.8 Å². The normalized spacial score (nSPS) is 13.3. The van der Waals surface area contributed by atoms with Crippen LogP contribution in [0.3, 0.4) is 0 Å². The minimum atomic E-state index is -0.398. The van der Waals surface area contributed by atoms with E-state index in [-0.39, 0.29) is 35.7 Å². The van der Waals surface area contributed by atoms with E-state index in [2.05, 4.69) is 5.32 Å². The van der Waals surface area contributed by atoms with Gasteiger partial charge in [-0.2, -0.15) is 0 Å². The first-order chi connectivity index (χ1) is 12.3. The maximum absolute atomic E-state index is 12.5. The van der Waals surface area contributed by atoms with Crippen molar-refractivity contribution in [2.45, 2.75) is 33.4 Å². The zero-order valence-corrected chi connectivity index (χ0v) is 14.9. The van der Waals surface area contributed by atoms with Crippen LogP contribution in [0.1, 0.15) is 56.0 Å². The minimum absolute atomic E-state index is 0.0371. The molecule has 3 amide bonds. The fourth-order valence-electron chi connectivity index (χ4n) is 3.02. The van der Waals surface area contributed by atoms with Crippen LogP contribution in [0.5, 0.6) is 5.75 Å². The highest BCUT2D eigenvalue weighted by atomic mass is 16.3. The van der Waals surface area contributed by atoms with E-state index in [9.17, 15) is 19.5 Å². The van der Waals surface area contributed by atoms with E-state index in [0.717, 1.165) is 4.90 Å². The molecule has 0 saturated carbocycles. The number of hydrogen-bond donors (Lipinski definition) is 2. The zero-order chi connectivity index (χ0) is 19.0. The molecule has 0 saturated heterocycles. The molecule has 6 nitrogen and oxygen atoms in total. The summed E-state index contributed by atoms with van der Waals surface area (Å²) in [5.74, 6) is -1.21. The van der Waals surface area contributed by atoms with Crippen molar-refractivity contribution in [3.8, 4) is 5.75 Å². The predicted molar refractivity (Wildman–Crippen MR) is 96.1 cm³/mol. The van der Waals surface area contributed by atoms with Gasteiger partial charge in [-0.05, 0) is 50.1 Å². The summed E-state index contributed by atoms with van der Waals surface area (Å²) < 4.78 is 0. The summed E-state index contributed by atoms with van der Waals surface area (Å²) in [6, 6.07) is 9.79. The van der Waals surface area contributed by atoms with Gasteiger partial charge in [0.25, 0.3) is 17.7 Å². The summed E-state index contributed by atoms with van der Waals surface area (Å²) >= 11 is 0. The number of amides is 3. The Bertz CT molecular complexity index is 883. The van der Waals surface area contributed by atoms with E-state index in [1.807, 2.05) is 13.8 Å². The van der Waals surface area contributed by atoms with E-state index >= 15 is 0 Å². The third kappa shape index (κ3) is 3.06. The molecule has 26 heavy (non-hydrogen) atoms. The lowest BCUT2D eigenvalue weighted by atomic mass is 10.0. The molecule has 0 fully saturated rings. The molecule has 0 spiro atoms. The highest BCUT2D eigenvalue weighted by Crippen LogP contribution is 2.28. The highest BCUT2D eigenvalue weighted by Gasteiger charge is 2.35. The van der Waals surface area contributed by atoms with Gasteiger partial charge in [0.05, 0.1) is 23.2 Å². The van der Waals surface area contributed by atoms with Gasteiger partial charge in [-0.3, -0.25) is 19.3 Å². The smallest absolute Gasteiger partial charge is 0.261 e. The Hall–Kier alpha value is -3.15. The Balaban J connectivity index is 1.92. The van der Waals surface area contributed by atoms with Crippen LogP contribution in [-0.2, 0) is 6.54 Å². The maximum Gasteiger partial charge on any atom is 0.261 e.